The van der Waals surface area contributed by atoms with Gasteiger partial charge in [0.1, 0.15) is 17.6 Å². The first kappa shape index (κ1) is 19.7. The average molecular weight is 439 g/mol. The molecule has 1 saturated heterocycles. The fourth-order valence-corrected chi connectivity index (χ4v) is 5.79. The zero-order valence-corrected chi connectivity index (χ0v) is 18.0. The van der Waals surface area contributed by atoms with Crippen LogP contribution in [0.4, 0.5) is 16.2 Å². The molecule has 1 atom stereocenters. The molecule has 3 aliphatic rings. The average Bonchev–Trinajstić information content (AvgIpc) is 3.29. The third-order valence-electron chi connectivity index (χ3n) is 6.39. The third kappa shape index (κ3) is 2.72. The van der Waals surface area contributed by atoms with Gasteiger partial charge in [-0.15, -0.1) is 11.3 Å². The maximum absolute atomic E-state index is 13.4. The largest absolute Gasteiger partial charge is 0.325 e. The van der Waals surface area contributed by atoms with Crippen LogP contribution in [0.3, 0.4) is 0 Å². The number of thiophene rings is 1. The van der Waals surface area contributed by atoms with Gasteiger partial charge in [0.05, 0.1) is 11.4 Å². The second-order valence-corrected chi connectivity index (χ2v) is 9.60. The molecule has 1 fully saturated rings. The maximum atomic E-state index is 13.4. The van der Waals surface area contributed by atoms with E-state index in [2.05, 4.69) is 10.6 Å². The van der Waals surface area contributed by atoms with Crippen molar-refractivity contribution in [2.24, 2.45) is 0 Å². The van der Waals surface area contributed by atoms with Gasteiger partial charge in [0.15, 0.2) is 0 Å². The van der Waals surface area contributed by atoms with E-state index in [0.29, 0.717) is 17.8 Å². The molecule has 0 radical (unpaired) electrons. The number of benzene rings is 1. The van der Waals surface area contributed by atoms with Crippen LogP contribution in [0.1, 0.15) is 37.1 Å². The fraction of sp³-hybridized carbons (Fsp3) is 0.364. The Labute approximate surface area is 183 Å². The normalized spacial score (nSPS) is 24.0. The predicted molar refractivity (Wildman–Crippen MR) is 116 cm³/mol. The number of aryl methyl sites for hydroxylation is 1. The number of nitrogens with zero attached hydrogens (tertiary/aromatic N) is 2. The van der Waals surface area contributed by atoms with E-state index in [1.54, 1.807) is 49.4 Å². The minimum absolute atomic E-state index is 0.330. The van der Waals surface area contributed by atoms with Crippen LogP contribution in [-0.2, 0) is 26.3 Å². The van der Waals surface area contributed by atoms with E-state index >= 15 is 0 Å². The van der Waals surface area contributed by atoms with Crippen LogP contribution in [0.25, 0.3) is 0 Å². The van der Waals surface area contributed by atoms with Crippen LogP contribution in [-0.4, -0.2) is 40.7 Å². The molecule has 1 aliphatic carbocycles. The number of imide groups is 1. The summed E-state index contributed by atoms with van der Waals surface area (Å²) in [5, 5.41) is 7.60. The summed E-state index contributed by atoms with van der Waals surface area (Å²) in [6.45, 7) is 2.85. The van der Waals surface area contributed by atoms with Crippen molar-refractivity contribution in [3.8, 4) is 0 Å². The van der Waals surface area contributed by atoms with E-state index in [1.165, 1.54) is 4.90 Å². The number of rotatable bonds is 2. The van der Waals surface area contributed by atoms with E-state index in [-0.39, 0.29) is 5.91 Å². The first-order valence-corrected chi connectivity index (χ1v) is 11.1. The second-order valence-electron chi connectivity index (χ2n) is 8.60. The second kappa shape index (κ2) is 6.65. The summed E-state index contributed by atoms with van der Waals surface area (Å²) in [4.78, 5) is 55.8. The lowest BCUT2D eigenvalue weighted by molar-refractivity contribution is -0.135. The lowest BCUT2D eigenvalue weighted by atomic mass is 9.80. The maximum Gasteiger partial charge on any atom is 0.325 e. The molecular formula is C22H22N4O4S. The summed E-state index contributed by atoms with van der Waals surface area (Å²) in [6, 6.07) is 8.30. The molecule has 1 aromatic carbocycles. The van der Waals surface area contributed by atoms with Gasteiger partial charge in [-0.05, 0) is 56.7 Å². The lowest BCUT2D eigenvalue weighted by Crippen LogP contribution is -2.60. The Morgan fingerprint density at radius 1 is 1.16 bits per heavy atom. The molecule has 2 N–H and O–H groups in total. The molecule has 5 amide bonds. The van der Waals surface area contributed by atoms with E-state index in [9.17, 15) is 19.2 Å². The van der Waals surface area contributed by atoms with Crippen molar-refractivity contribution in [2.45, 2.75) is 44.2 Å². The predicted octanol–water partition coefficient (Wildman–Crippen LogP) is 2.60. The molecule has 0 bridgehead atoms. The molecule has 2 aromatic rings. The minimum atomic E-state index is -1.17. The number of amides is 5. The van der Waals surface area contributed by atoms with Crippen molar-refractivity contribution in [3.63, 3.8) is 0 Å². The summed E-state index contributed by atoms with van der Waals surface area (Å²) < 4.78 is 0. The van der Waals surface area contributed by atoms with Gasteiger partial charge >= 0.3 is 6.03 Å². The van der Waals surface area contributed by atoms with Gasteiger partial charge in [0.25, 0.3) is 5.91 Å². The highest BCUT2D eigenvalue weighted by molar-refractivity contribution is 7.10. The van der Waals surface area contributed by atoms with Crippen LogP contribution >= 0.6 is 11.3 Å². The third-order valence-corrected chi connectivity index (χ3v) is 7.37. The Balaban J connectivity index is 1.47. The minimum Gasteiger partial charge on any atom is -0.322 e. The Morgan fingerprint density at radius 2 is 1.94 bits per heavy atom. The van der Waals surface area contributed by atoms with Crippen molar-refractivity contribution < 1.29 is 19.2 Å². The number of carbonyl (C=O) groups excluding carboxylic acids is 4. The summed E-state index contributed by atoms with van der Waals surface area (Å²) >= 11 is 1.58. The molecule has 2 aliphatic heterocycles. The van der Waals surface area contributed by atoms with E-state index in [0.717, 1.165) is 28.2 Å². The van der Waals surface area contributed by atoms with Crippen molar-refractivity contribution in [2.75, 3.05) is 16.8 Å². The number of urea groups is 1. The standard InChI is InChI=1S/C22H22N4O4S/c1-21(2)18(28)23-14-6-3-4-7-15(14)26(21)17(27)12-25-19(29)22(24-20(25)30)10-5-8-16-13(22)9-11-31-16/h3-4,6-7,9,11H,5,8,10,12H2,1-2H3,(H,23,28)(H,24,30). The van der Waals surface area contributed by atoms with Gasteiger partial charge in [-0.25, -0.2) is 4.79 Å². The molecule has 1 spiro atoms. The number of para-hydroxylation sites is 2. The van der Waals surface area contributed by atoms with Gasteiger partial charge < -0.3 is 10.6 Å². The topological polar surface area (TPSA) is 98.8 Å². The van der Waals surface area contributed by atoms with Crippen molar-refractivity contribution in [3.05, 3.63) is 46.2 Å². The highest BCUT2D eigenvalue weighted by atomic mass is 32.1. The van der Waals surface area contributed by atoms with Gasteiger partial charge in [0.2, 0.25) is 11.8 Å². The molecule has 3 heterocycles. The Bertz CT molecular complexity index is 1140. The first-order chi connectivity index (χ1) is 14.8. The molecule has 1 aromatic heterocycles. The van der Waals surface area contributed by atoms with Crippen molar-refractivity contribution in [1.29, 1.82) is 0 Å². The monoisotopic (exact) mass is 438 g/mol. The quantitative estimate of drug-likeness (QED) is 0.704. The van der Waals surface area contributed by atoms with Crippen molar-refractivity contribution >= 4 is 46.5 Å². The lowest BCUT2D eigenvalue weighted by Gasteiger charge is -2.42. The Morgan fingerprint density at radius 3 is 2.74 bits per heavy atom. The Hall–Kier alpha value is -3.20. The smallest absolute Gasteiger partial charge is 0.322 e. The Kier molecular flexibility index (Phi) is 4.23. The molecule has 31 heavy (non-hydrogen) atoms. The van der Waals surface area contributed by atoms with Gasteiger partial charge in [0, 0.05) is 10.4 Å². The van der Waals surface area contributed by atoms with Gasteiger partial charge in [-0.3, -0.25) is 24.2 Å². The van der Waals surface area contributed by atoms with Crippen molar-refractivity contribution in [1.82, 2.24) is 10.2 Å². The van der Waals surface area contributed by atoms with Crippen LogP contribution in [0, 0.1) is 0 Å². The zero-order chi connectivity index (χ0) is 22.0. The van der Waals surface area contributed by atoms with E-state index in [1.807, 2.05) is 11.4 Å². The van der Waals surface area contributed by atoms with E-state index < -0.39 is 35.5 Å². The molecular weight excluding hydrogens is 416 g/mol. The highest BCUT2D eigenvalue weighted by Gasteiger charge is 2.55. The first-order valence-electron chi connectivity index (χ1n) is 10.2. The number of hydrogen-bond donors (Lipinski definition) is 2. The van der Waals surface area contributed by atoms with Crippen LogP contribution in [0.5, 0.6) is 0 Å². The van der Waals surface area contributed by atoms with E-state index in [4.69, 9.17) is 0 Å². The fourth-order valence-electron chi connectivity index (χ4n) is 4.79. The van der Waals surface area contributed by atoms with Crippen LogP contribution < -0.4 is 15.5 Å². The number of anilines is 2. The molecule has 1 unspecified atom stereocenters. The molecule has 5 rings (SSSR count). The SMILES string of the molecule is CC1(C)C(=O)Nc2ccccc2N1C(=O)CN1C(=O)NC2(CCCc3sccc32)C1=O. The number of nitrogens with one attached hydrogen (secondary N) is 2. The molecule has 8 nitrogen and oxygen atoms in total. The zero-order valence-electron chi connectivity index (χ0n) is 17.2. The van der Waals surface area contributed by atoms with Crippen LogP contribution in [0.15, 0.2) is 35.7 Å². The number of fused-ring (bicyclic) bond motifs is 3. The van der Waals surface area contributed by atoms with Crippen LogP contribution in [0.2, 0.25) is 0 Å². The summed E-state index contributed by atoms with van der Waals surface area (Å²) in [6.07, 6.45) is 2.17. The highest BCUT2D eigenvalue weighted by Crippen LogP contribution is 2.42. The van der Waals surface area contributed by atoms with Gasteiger partial charge in [-0.2, -0.15) is 0 Å². The number of hydrogen-bond acceptors (Lipinski definition) is 5. The summed E-state index contributed by atoms with van der Waals surface area (Å²) in [7, 11) is 0. The molecule has 0 saturated carbocycles. The molecule has 160 valence electrons. The summed E-state index contributed by atoms with van der Waals surface area (Å²) in [5.41, 5.74) is -0.383. The molecule has 9 heteroatoms. The summed E-state index contributed by atoms with van der Waals surface area (Å²) in [5.74, 6) is -1.23. The van der Waals surface area contributed by atoms with Gasteiger partial charge in [-0.1, -0.05) is 12.1 Å². The number of carbonyl (C=O) groups is 4.